The fourth-order valence-corrected chi connectivity index (χ4v) is 2.37. The largest absolute Gasteiger partial charge is 0.411 e. The van der Waals surface area contributed by atoms with E-state index in [1.165, 1.54) is 12.1 Å². The van der Waals surface area contributed by atoms with Crippen molar-refractivity contribution < 1.29 is 10.0 Å². The van der Waals surface area contributed by atoms with Crippen LogP contribution in [0.15, 0.2) is 47.6 Å². The second kappa shape index (κ2) is 6.61. The van der Waals surface area contributed by atoms with Crippen molar-refractivity contribution in [1.29, 1.82) is 0 Å². The van der Waals surface area contributed by atoms with Gasteiger partial charge in [0, 0.05) is 21.2 Å². The van der Waals surface area contributed by atoms with Crippen LogP contribution in [-0.2, 0) is 0 Å². The number of nitrogens with zero attached hydrogens (tertiary/aromatic N) is 1. The highest BCUT2D eigenvalue weighted by molar-refractivity contribution is 6.35. The van der Waals surface area contributed by atoms with Crippen molar-refractivity contribution in [2.24, 2.45) is 5.16 Å². The molecule has 0 aliphatic carbocycles. The molecule has 2 aromatic rings. The van der Waals surface area contributed by atoms with E-state index in [9.17, 15) is 4.79 Å². The van der Waals surface area contributed by atoms with Crippen LogP contribution < -0.4 is 5.32 Å². The SMILES string of the molecule is C/C(=N\O)c1ccccc1NC(=O)c1cc(Cl)cc(Cl)c1. The van der Waals surface area contributed by atoms with Crippen LogP contribution in [-0.4, -0.2) is 16.8 Å². The number of benzene rings is 2. The Morgan fingerprint density at radius 3 is 2.38 bits per heavy atom. The van der Waals surface area contributed by atoms with Gasteiger partial charge in [0.1, 0.15) is 0 Å². The molecule has 0 bridgehead atoms. The average Bonchev–Trinajstić information content (AvgIpc) is 2.46. The molecule has 0 aliphatic heterocycles. The molecule has 4 nitrogen and oxygen atoms in total. The number of carbonyl (C=O) groups excluding carboxylic acids is 1. The summed E-state index contributed by atoms with van der Waals surface area (Å²) in [6, 6.07) is 11.6. The third kappa shape index (κ3) is 3.74. The van der Waals surface area contributed by atoms with Gasteiger partial charge in [-0.25, -0.2) is 0 Å². The van der Waals surface area contributed by atoms with Crippen molar-refractivity contribution in [2.45, 2.75) is 6.92 Å². The molecule has 2 N–H and O–H groups in total. The van der Waals surface area contributed by atoms with Gasteiger partial charge in [0.05, 0.1) is 11.4 Å². The highest BCUT2D eigenvalue weighted by Crippen LogP contribution is 2.21. The van der Waals surface area contributed by atoms with E-state index in [-0.39, 0.29) is 5.91 Å². The van der Waals surface area contributed by atoms with Gasteiger partial charge in [0.15, 0.2) is 0 Å². The molecular formula is C15H12Cl2N2O2. The normalized spacial score (nSPS) is 11.3. The summed E-state index contributed by atoms with van der Waals surface area (Å²) < 4.78 is 0. The first-order chi connectivity index (χ1) is 10.0. The number of hydrogen-bond acceptors (Lipinski definition) is 3. The highest BCUT2D eigenvalue weighted by Gasteiger charge is 2.12. The molecular weight excluding hydrogens is 311 g/mol. The second-order valence-electron chi connectivity index (χ2n) is 4.34. The van der Waals surface area contributed by atoms with Crippen molar-refractivity contribution in [2.75, 3.05) is 5.32 Å². The molecule has 0 aliphatic rings. The van der Waals surface area contributed by atoms with Gasteiger partial charge >= 0.3 is 0 Å². The molecule has 0 aromatic heterocycles. The zero-order valence-electron chi connectivity index (χ0n) is 11.1. The number of anilines is 1. The lowest BCUT2D eigenvalue weighted by atomic mass is 10.1. The van der Waals surface area contributed by atoms with Crippen LogP contribution in [0.5, 0.6) is 0 Å². The molecule has 6 heteroatoms. The number of carbonyl (C=O) groups is 1. The lowest BCUT2D eigenvalue weighted by Gasteiger charge is -2.10. The Bertz CT molecular complexity index is 694. The van der Waals surface area contributed by atoms with Crippen LogP contribution in [0.4, 0.5) is 5.69 Å². The lowest BCUT2D eigenvalue weighted by molar-refractivity contribution is 0.102. The van der Waals surface area contributed by atoms with Gasteiger partial charge in [-0.3, -0.25) is 4.79 Å². The molecule has 108 valence electrons. The number of halogens is 2. The Kier molecular flexibility index (Phi) is 4.83. The quantitative estimate of drug-likeness (QED) is 0.498. The molecule has 0 saturated carbocycles. The van der Waals surface area contributed by atoms with Gasteiger partial charge in [0.2, 0.25) is 0 Å². The maximum atomic E-state index is 12.3. The maximum Gasteiger partial charge on any atom is 0.255 e. The minimum atomic E-state index is -0.349. The van der Waals surface area contributed by atoms with Gasteiger partial charge in [-0.05, 0) is 31.2 Å². The Hall–Kier alpha value is -2.04. The van der Waals surface area contributed by atoms with E-state index in [0.29, 0.717) is 32.6 Å². The van der Waals surface area contributed by atoms with Crippen molar-refractivity contribution in [3.05, 3.63) is 63.6 Å². The molecule has 0 unspecified atom stereocenters. The Morgan fingerprint density at radius 1 is 1.14 bits per heavy atom. The van der Waals surface area contributed by atoms with E-state index in [4.69, 9.17) is 28.4 Å². The highest BCUT2D eigenvalue weighted by atomic mass is 35.5. The lowest BCUT2D eigenvalue weighted by Crippen LogP contribution is -2.14. The number of hydrogen-bond donors (Lipinski definition) is 2. The summed E-state index contributed by atoms with van der Waals surface area (Å²) in [6.45, 7) is 1.64. The van der Waals surface area contributed by atoms with E-state index >= 15 is 0 Å². The van der Waals surface area contributed by atoms with E-state index in [0.717, 1.165) is 0 Å². The van der Waals surface area contributed by atoms with Crippen LogP contribution >= 0.6 is 23.2 Å². The number of rotatable bonds is 3. The molecule has 21 heavy (non-hydrogen) atoms. The zero-order chi connectivity index (χ0) is 15.4. The molecule has 0 spiro atoms. The maximum absolute atomic E-state index is 12.3. The first kappa shape index (κ1) is 15.4. The number of amides is 1. The predicted molar refractivity (Wildman–Crippen MR) is 84.9 cm³/mol. The van der Waals surface area contributed by atoms with Gasteiger partial charge in [-0.1, -0.05) is 46.6 Å². The number of oxime groups is 1. The third-order valence-electron chi connectivity index (χ3n) is 2.84. The van der Waals surface area contributed by atoms with Crippen molar-refractivity contribution in [3.8, 4) is 0 Å². The van der Waals surface area contributed by atoms with Crippen LogP contribution in [0.2, 0.25) is 10.0 Å². The molecule has 1 amide bonds. The van der Waals surface area contributed by atoms with Gasteiger partial charge < -0.3 is 10.5 Å². The Labute approximate surface area is 132 Å². The first-order valence-corrected chi connectivity index (χ1v) is 6.82. The smallest absolute Gasteiger partial charge is 0.255 e. The minimum Gasteiger partial charge on any atom is -0.411 e. The summed E-state index contributed by atoms with van der Waals surface area (Å²) in [5.41, 5.74) is 1.91. The fraction of sp³-hybridized carbons (Fsp3) is 0.0667. The number of para-hydroxylation sites is 1. The zero-order valence-corrected chi connectivity index (χ0v) is 12.6. The second-order valence-corrected chi connectivity index (χ2v) is 5.22. The summed E-state index contributed by atoms with van der Waals surface area (Å²) in [6.07, 6.45) is 0. The molecule has 0 radical (unpaired) electrons. The fourth-order valence-electron chi connectivity index (χ4n) is 1.84. The monoisotopic (exact) mass is 322 g/mol. The molecule has 0 heterocycles. The summed E-state index contributed by atoms with van der Waals surface area (Å²) in [4.78, 5) is 12.3. The van der Waals surface area contributed by atoms with E-state index in [1.54, 1.807) is 37.3 Å². The summed E-state index contributed by atoms with van der Waals surface area (Å²) in [5, 5.41) is 15.5. The van der Waals surface area contributed by atoms with Crippen LogP contribution in [0, 0.1) is 0 Å². The third-order valence-corrected chi connectivity index (χ3v) is 3.28. The van der Waals surface area contributed by atoms with Crippen LogP contribution in [0.25, 0.3) is 0 Å². The molecule has 2 aromatic carbocycles. The predicted octanol–water partition coefficient (Wildman–Crippen LogP) is 4.44. The van der Waals surface area contributed by atoms with Gasteiger partial charge in [-0.15, -0.1) is 0 Å². The summed E-state index contributed by atoms with van der Waals surface area (Å²) in [5.74, 6) is -0.349. The summed E-state index contributed by atoms with van der Waals surface area (Å²) >= 11 is 11.8. The topological polar surface area (TPSA) is 61.7 Å². The Balaban J connectivity index is 2.32. The molecule has 2 rings (SSSR count). The van der Waals surface area contributed by atoms with Crippen LogP contribution in [0.1, 0.15) is 22.8 Å². The van der Waals surface area contributed by atoms with E-state index in [2.05, 4.69) is 10.5 Å². The Morgan fingerprint density at radius 2 is 1.76 bits per heavy atom. The average molecular weight is 323 g/mol. The summed E-state index contributed by atoms with van der Waals surface area (Å²) in [7, 11) is 0. The first-order valence-electron chi connectivity index (χ1n) is 6.07. The molecule has 0 fully saturated rings. The van der Waals surface area contributed by atoms with Crippen LogP contribution in [0.3, 0.4) is 0 Å². The van der Waals surface area contributed by atoms with Crippen molar-refractivity contribution in [1.82, 2.24) is 0 Å². The van der Waals surface area contributed by atoms with Crippen molar-refractivity contribution >= 4 is 40.5 Å². The van der Waals surface area contributed by atoms with Crippen molar-refractivity contribution in [3.63, 3.8) is 0 Å². The van der Waals surface area contributed by atoms with E-state index < -0.39 is 0 Å². The number of nitrogens with one attached hydrogen (secondary N) is 1. The van der Waals surface area contributed by atoms with Gasteiger partial charge in [0.25, 0.3) is 5.91 Å². The minimum absolute atomic E-state index is 0.348. The molecule has 0 saturated heterocycles. The van der Waals surface area contributed by atoms with Gasteiger partial charge in [-0.2, -0.15) is 0 Å². The van der Waals surface area contributed by atoms with E-state index in [1.807, 2.05) is 0 Å². The molecule has 0 atom stereocenters. The standard InChI is InChI=1S/C15H12Cl2N2O2/c1-9(19-21)13-4-2-3-5-14(13)18-15(20)10-6-11(16)8-12(17)7-10/h2-8,21H,1H3,(H,18,20)/b19-9+.